The minimum absolute atomic E-state index is 0.0352. The fourth-order valence-corrected chi connectivity index (χ4v) is 8.41. The first-order valence-corrected chi connectivity index (χ1v) is 20.5. The quantitative estimate of drug-likeness (QED) is 0.0625. The van der Waals surface area contributed by atoms with Crippen LogP contribution in [0, 0.1) is 30.1 Å². The van der Waals surface area contributed by atoms with E-state index in [9.17, 15) is 29.4 Å². The van der Waals surface area contributed by atoms with Crippen LogP contribution in [0.15, 0.2) is 51.7 Å². The molecule has 2 fully saturated rings. The number of oxazole rings is 1. The van der Waals surface area contributed by atoms with Crippen LogP contribution in [0.25, 0.3) is 6.08 Å². The first-order valence-electron chi connectivity index (χ1n) is 19.0. The number of aromatic nitrogens is 1. The molecule has 312 valence electrons. The molecular weight excluding hydrogens is 731 g/mol. The van der Waals surface area contributed by atoms with Crippen molar-refractivity contribution in [2.45, 2.75) is 143 Å². The van der Waals surface area contributed by atoms with E-state index in [2.05, 4.69) is 11.1 Å². The van der Waals surface area contributed by atoms with Gasteiger partial charge in [0.1, 0.15) is 24.2 Å². The van der Waals surface area contributed by atoms with Crippen LogP contribution in [0.4, 0.5) is 0 Å². The number of nitrogens with zero attached hydrogens (tertiary/aromatic N) is 1. The lowest BCUT2D eigenvalue weighted by atomic mass is 9.72. The first-order chi connectivity index (χ1) is 25.5. The Labute approximate surface area is 326 Å². The summed E-state index contributed by atoms with van der Waals surface area (Å²) in [7, 11) is -2.01. The molecule has 1 spiro atoms. The summed E-state index contributed by atoms with van der Waals surface area (Å²) in [4.78, 5) is 35.6. The number of aryl methyl sites for hydroxylation is 1. The van der Waals surface area contributed by atoms with E-state index in [0.717, 1.165) is 23.1 Å². The van der Waals surface area contributed by atoms with Gasteiger partial charge in [-0.25, -0.2) is 9.55 Å². The van der Waals surface area contributed by atoms with Crippen LogP contribution in [0.3, 0.4) is 0 Å². The fraction of sp³-hybridized carbons (Fsp3) is 0.700. The van der Waals surface area contributed by atoms with Crippen LogP contribution in [0.1, 0.15) is 99.1 Å². The Morgan fingerprint density at radius 2 is 1.82 bits per heavy atom. The summed E-state index contributed by atoms with van der Waals surface area (Å²) in [6.45, 7) is 16.8. The highest BCUT2D eigenvalue weighted by atomic mass is 31.2. The van der Waals surface area contributed by atoms with Crippen molar-refractivity contribution in [1.29, 1.82) is 0 Å². The number of phosphoric acid groups is 1. The van der Waals surface area contributed by atoms with Gasteiger partial charge >= 0.3 is 7.82 Å². The lowest BCUT2D eigenvalue weighted by Crippen LogP contribution is -2.58. The number of rotatable bonds is 19. The third-order valence-electron chi connectivity index (χ3n) is 11.5. The molecule has 5 unspecified atom stereocenters. The predicted molar refractivity (Wildman–Crippen MR) is 208 cm³/mol. The predicted octanol–water partition coefficient (Wildman–Crippen LogP) is 5.93. The van der Waals surface area contributed by atoms with Crippen LogP contribution in [0.5, 0.6) is 0 Å². The van der Waals surface area contributed by atoms with Crippen molar-refractivity contribution in [1.82, 2.24) is 4.98 Å². The van der Waals surface area contributed by atoms with Gasteiger partial charge in [-0.15, -0.1) is 0 Å². The number of aliphatic hydroxyl groups is 2. The van der Waals surface area contributed by atoms with Crippen molar-refractivity contribution in [3.63, 3.8) is 0 Å². The van der Waals surface area contributed by atoms with Gasteiger partial charge in [0.05, 0.1) is 30.5 Å². The molecule has 3 heterocycles. The Morgan fingerprint density at radius 3 is 2.38 bits per heavy atom. The molecule has 0 saturated carbocycles. The normalized spacial score (nSPS) is 29.4. The van der Waals surface area contributed by atoms with Gasteiger partial charge < -0.3 is 49.1 Å². The molecule has 2 aliphatic heterocycles. The molecule has 1 aromatic heterocycles. The largest absolute Gasteiger partial charge is 0.469 e. The minimum atomic E-state index is -5.06. The maximum absolute atomic E-state index is 12.5. The van der Waals surface area contributed by atoms with Crippen molar-refractivity contribution < 1.29 is 57.2 Å². The molecule has 1 aromatic rings. The molecule has 0 radical (unpaired) electrons. The summed E-state index contributed by atoms with van der Waals surface area (Å²) in [5, 5.41) is 22.9. The lowest BCUT2D eigenvalue weighted by Gasteiger charge is -2.50. The second kappa shape index (κ2) is 19.8. The van der Waals surface area contributed by atoms with Gasteiger partial charge in [0.25, 0.3) is 0 Å². The van der Waals surface area contributed by atoms with Gasteiger partial charge in [-0.1, -0.05) is 69.6 Å². The van der Waals surface area contributed by atoms with Crippen LogP contribution in [-0.2, 0) is 32.8 Å². The molecule has 15 heteroatoms. The van der Waals surface area contributed by atoms with Crippen molar-refractivity contribution >= 4 is 19.8 Å². The van der Waals surface area contributed by atoms with Crippen molar-refractivity contribution in [3.05, 3.63) is 58.9 Å². The van der Waals surface area contributed by atoms with E-state index in [1.54, 1.807) is 41.1 Å². The number of hydrogen-bond donors (Lipinski definition) is 5. The van der Waals surface area contributed by atoms with Gasteiger partial charge in [0.15, 0.2) is 11.7 Å². The number of hydrogen-bond acceptors (Lipinski definition) is 11. The van der Waals surface area contributed by atoms with Gasteiger partial charge in [-0.05, 0) is 46.1 Å². The smallest absolute Gasteiger partial charge is 0.449 e. The lowest BCUT2D eigenvalue weighted by molar-refractivity contribution is -0.336. The van der Waals surface area contributed by atoms with Crippen LogP contribution in [-0.4, -0.2) is 93.6 Å². The van der Waals surface area contributed by atoms with Crippen LogP contribution in [0.2, 0.25) is 0 Å². The summed E-state index contributed by atoms with van der Waals surface area (Å²) in [6.07, 6.45) is 6.85. The molecule has 0 aromatic carbocycles. The molecule has 14 nitrogen and oxygen atoms in total. The third kappa shape index (κ3) is 12.3. The van der Waals surface area contributed by atoms with E-state index >= 15 is 0 Å². The Balaban J connectivity index is 1.83. The van der Waals surface area contributed by atoms with Gasteiger partial charge in [0, 0.05) is 63.2 Å². The number of phosphoric ester groups is 1. The van der Waals surface area contributed by atoms with E-state index in [1.165, 1.54) is 13.2 Å². The van der Waals surface area contributed by atoms with Crippen molar-refractivity contribution in [3.8, 4) is 0 Å². The first kappa shape index (κ1) is 46.9. The summed E-state index contributed by atoms with van der Waals surface area (Å²) in [5.74, 6) is -2.37. The van der Waals surface area contributed by atoms with Gasteiger partial charge in [-0.3, -0.25) is 9.32 Å². The third-order valence-corrected chi connectivity index (χ3v) is 12.0. The summed E-state index contributed by atoms with van der Waals surface area (Å²) in [5.41, 5.74) is 7.66. The molecule has 2 saturated heterocycles. The zero-order valence-electron chi connectivity index (χ0n) is 34.3. The molecular formula is C40H65N2O12P. The standard InChI is InChI=1S/C40H65N2O12P/c1-23(18-35(41)44)14-12-15-24(2)25(3)19-26(4)36(45)27(5)31(43)20-33(49-10)37-38(54-55(46,47)48)39(8,9)40(53-37)21-34(50-11)28(6)32(52-40)17-13-16-30-22-51-29(7)42-30/h13,15-16,18-19,22,26-28,31-34,36-38,43,45H,12,14,17,20-21H2,1-11H3,(H2,41,44)(H2,46,47,48)/b16-13+,23-18-,24-15+,25-19+/t26?,27?,28-,31?,32+,33?,34+,36?,37-,38+,40-/m1/s1. The number of aliphatic hydroxyl groups excluding tert-OH is 2. The average molecular weight is 797 g/mol. The number of amides is 1. The Morgan fingerprint density at radius 1 is 1.15 bits per heavy atom. The number of primary amides is 1. The monoisotopic (exact) mass is 796 g/mol. The van der Waals surface area contributed by atoms with E-state index in [-0.39, 0.29) is 30.8 Å². The molecule has 0 aliphatic carbocycles. The maximum atomic E-state index is 12.5. The van der Waals surface area contributed by atoms with Crippen LogP contribution < -0.4 is 5.73 Å². The van der Waals surface area contributed by atoms with Gasteiger partial charge in [-0.2, -0.15) is 0 Å². The van der Waals surface area contributed by atoms with Gasteiger partial charge in [0.2, 0.25) is 5.91 Å². The van der Waals surface area contributed by atoms with Crippen molar-refractivity contribution in [2.75, 3.05) is 14.2 Å². The van der Waals surface area contributed by atoms with E-state index in [0.29, 0.717) is 24.4 Å². The zero-order valence-corrected chi connectivity index (χ0v) is 35.2. The second-order valence-corrected chi connectivity index (χ2v) is 17.1. The molecule has 6 N–H and O–H groups in total. The molecule has 0 bridgehead atoms. The number of ether oxygens (including phenoxy) is 4. The highest BCUT2D eigenvalue weighted by Gasteiger charge is 2.68. The number of carbonyl (C=O) groups excluding carboxylic acids is 1. The van der Waals surface area contributed by atoms with E-state index in [1.807, 2.05) is 52.8 Å². The number of carbonyl (C=O) groups is 1. The second-order valence-electron chi connectivity index (χ2n) is 16.0. The summed E-state index contributed by atoms with van der Waals surface area (Å²) < 4.78 is 48.7. The Hall–Kier alpha value is -2.49. The molecule has 3 rings (SSSR count). The highest BCUT2D eigenvalue weighted by molar-refractivity contribution is 7.46. The molecule has 11 atom stereocenters. The molecule has 55 heavy (non-hydrogen) atoms. The number of nitrogens with two attached hydrogens (primary N) is 1. The fourth-order valence-electron chi connectivity index (χ4n) is 7.73. The average Bonchev–Trinajstić information content (AvgIpc) is 3.59. The Bertz CT molecular complexity index is 1600. The van der Waals surface area contributed by atoms with Crippen LogP contribution >= 0.6 is 7.82 Å². The number of methoxy groups -OCH3 is 2. The van der Waals surface area contributed by atoms with E-state index < -0.39 is 67.5 Å². The SMILES string of the molecule is COC(CC(O)C(C)C(O)C(C)/C=C(C)/C(C)=C/CC/C(C)=C\C(N)=O)[C@H]1O[C@]2(C[C@H](OC)[C@H](C)[C@H](C/C=C/c3coc(C)n3)O2)C(C)(C)[C@H]1OP(=O)(O)O. The molecule has 2 aliphatic rings. The van der Waals surface area contributed by atoms with E-state index in [4.69, 9.17) is 33.6 Å². The van der Waals surface area contributed by atoms with Crippen molar-refractivity contribution in [2.24, 2.45) is 28.9 Å². The summed E-state index contributed by atoms with van der Waals surface area (Å²) in [6, 6.07) is 0. The highest BCUT2D eigenvalue weighted by Crippen LogP contribution is 2.59. The Kier molecular flexibility index (Phi) is 16.9. The topological polar surface area (TPSA) is 213 Å². The zero-order chi connectivity index (χ0) is 41.5. The maximum Gasteiger partial charge on any atom is 0.469 e. The summed E-state index contributed by atoms with van der Waals surface area (Å²) >= 11 is 0. The minimum Gasteiger partial charge on any atom is -0.449 e. The number of allylic oxidation sites excluding steroid dienone is 4. The molecule has 1 amide bonds.